The Morgan fingerprint density at radius 1 is 1.36 bits per heavy atom. The number of hydrogen-bond donors (Lipinski definition) is 0. The molecule has 1 amide bonds. The Labute approximate surface area is 147 Å². The predicted molar refractivity (Wildman–Crippen MR) is 95.1 cm³/mol. The molecule has 0 radical (unpaired) electrons. The zero-order valence-electron chi connectivity index (χ0n) is 14.6. The van der Waals surface area contributed by atoms with Crippen molar-refractivity contribution < 1.29 is 13.2 Å². The molecule has 1 unspecified atom stereocenters. The summed E-state index contributed by atoms with van der Waals surface area (Å²) in [5.74, 6) is -0.588. The van der Waals surface area contributed by atoms with Gasteiger partial charge in [0.15, 0.2) is 15.7 Å². The molecule has 0 aliphatic carbocycles. The van der Waals surface area contributed by atoms with E-state index < -0.39 is 20.8 Å². The molecule has 1 aromatic heterocycles. The second-order valence-electron chi connectivity index (χ2n) is 6.53. The van der Waals surface area contributed by atoms with Gasteiger partial charge in [-0.2, -0.15) is 0 Å². The lowest BCUT2D eigenvalue weighted by atomic mass is 9.99. The molecule has 8 heteroatoms. The van der Waals surface area contributed by atoms with Gasteiger partial charge in [-0.25, -0.2) is 8.42 Å². The Balaban J connectivity index is 1.82. The maximum Gasteiger partial charge on any atom is 0.242 e. The lowest BCUT2D eigenvalue weighted by Gasteiger charge is -2.30. The summed E-state index contributed by atoms with van der Waals surface area (Å²) < 4.78 is 26.9. The van der Waals surface area contributed by atoms with Gasteiger partial charge in [0.2, 0.25) is 5.91 Å². The minimum absolute atomic E-state index is 0.336. The van der Waals surface area contributed by atoms with E-state index in [1.807, 2.05) is 19.1 Å². The molecule has 0 fully saturated rings. The quantitative estimate of drug-likeness (QED) is 0.824. The summed E-state index contributed by atoms with van der Waals surface area (Å²) in [5, 5.41) is 6.69. The molecule has 0 saturated carbocycles. The highest BCUT2D eigenvalue weighted by molar-refractivity contribution is 7.92. The molecule has 2 aromatic rings. The fraction of sp³-hybridized carbons (Fsp3) is 0.471. The van der Waals surface area contributed by atoms with Crippen molar-refractivity contribution in [3.63, 3.8) is 0 Å². The number of sulfone groups is 1. The van der Waals surface area contributed by atoms with Crippen LogP contribution in [-0.4, -0.2) is 41.4 Å². The Morgan fingerprint density at radius 3 is 2.80 bits per heavy atom. The number of benzene rings is 1. The van der Waals surface area contributed by atoms with Crippen LogP contribution in [0.15, 0.2) is 24.5 Å². The summed E-state index contributed by atoms with van der Waals surface area (Å²) in [6.07, 6.45) is 3.19. The summed E-state index contributed by atoms with van der Waals surface area (Å²) in [6, 6.07) is 5.91. The monoisotopic (exact) mass is 362 g/mol. The average molecular weight is 362 g/mol. The van der Waals surface area contributed by atoms with Crippen LogP contribution in [-0.2, 0) is 28.1 Å². The molecule has 7 nitrogen and oxygen atoms in total. The SMILES string of the molecule is Cc1ccc2c(c1)CCCN2C(=O)CS(=O)(=O)C(C)c1nncn1C. The number of fused-ring (bicyclic) bond motifs is 1. The lowest BCUT2D eigenvalue weighted by Crippen LogP contribution is -2.40. The first-order chi connectivity index (χ1) is 11.8. The van der Waals surface area contributed by atoms with Gasteiger partial charge < -0.3 is 9.47 Å². The average Bonchev–Trinajstić information content (AvgIpc) is 2.98. The van der Waals surface area contributed by atoms with E-state index >= 15 is 0 Å². The molecule has 0 saturated heterocycles. The van der Waals surface area contributed by atoms with E-state index in [1.165, 1.54) is 6.33 Å². The first-order valence-corrected chi connectivity index (χ1v) is 9.96. The molecular formula is C17H22N4O3S. The van der Waals surface area contributed by atoms with Crippen molar-refractivity contribution in [2.75, 3.05) is 17.2 Å². The van der Waals surface area contributed by atoms with E-state index in [4.69, 9.17) is 0 Å². The maximum atomic E-state index is 12.7. The van der Waals surface area contributed by atoms with Crippen molar-refractivity contribution in [3.05, 3.63) is 41.5 Å². The minimum atomic E-state index is -3.68. The Kier molecular flexibility index (Phi) is 4.64. The van der Waals surface area contributed by atoms with Gasteiger partial charge >= 0.3 is 0 Å². The van der Waals surface area contributed by atoms with Crippen LogP contribution in [0.3, 0.4) is 0 Å². The van der Waals surface area contributed by atoms with Crippen LogP contribution in [0.4, 0.5) is 5.69 Å². The Hall–Kier alpha value is -2.22. The summed E-state index contributed by atoms with van der Waals surface area (Å²) >= 11 is 0. The van der Waals surface area contributed by atoms with Gasteiger partial charge in [-0.1, -0.05) is 17.7 Å². The molecule has 0 bridgehead atoms. The molecule has 0 spiro atoms. The molecule has 1 aliphatic rings. The maximum absolute atomic E-state index is 12.7. The molecule has 134 valence electrons. The third-order valence-electron chi connectivity index (χ3n) is 4.63. The van der Waals surface area contributed by atoms with Crippen molar-refractivity contribution in [1.29, 1.82) is 0 Å². The van der Waals surface area contributed by atoms with E-state index in [-0.39, 0.29) is 5.91 Å². The lowest BCUT2D eigenvalue weighted by molar-refractivity contribution is -0.116. The van der Waals surface area contributed by atoms with Crippen molar-refractivity contribution in [2.45, 2.75) is 31.9 Å². The van der Waals surface area contributed by atoms with Crippen molar-refractivity contribution in [2.24, 2.45) is 7.05 Å². The van der Waals surface area contributed by atoms with Crippen LogP contribution >= 0.6 is 0 Å². The topological polar surface area (TPSA) is 85.2 Å². The number of amides is 1. The molecule has 1 aromatic carbocycles. The number of aryl methyl sites for hydroxylation is 3. The predicted octanol–water partition coefficient (Wildman–Crippen LogP) is 1.58. The highest BCUT2D eigenvalue weighted by atomic mass is 32.2. The third kappa shape index (κ3) is 3.44. The first kappa shape index (κ1) is 17.6. The number of aromatic nitrogens is 3. The van der Waals surface area contributed by atoms with Crippen molar-refractivity contribution in [3.8, 4) is 0 Å². The third-order valence-corrected chi connectivity index (χ3v) is 6.57. The van der Waals surface area contributed by atoms with Crippen molar-refractivity contribution in [1.82, 2.24) is 14.8 Å². The number of hydrogen-bond acceptors (Lipinski definition) is 5. The summed E-state index contributed by atoms with van der Waals surface area (Å²) in [6.45, 7) is 4.09. The van der Waals surface area contributed by atoms with Gasteiger partial charge in [-0.15, -0.1) is 10.2 Å². The smallest absolute Gasteiger partial charge is 0.242 e. The highest BCUT2D eigenvalue weighted by Gasteiger charge is 2.32. The molecule has 1 atom stereocenters. The zero-order valence-corrected chi connectivity index (χ0v) is 15.5. The number of anilines is 1. The molecule has 3 rings (SSSR count). The second kappa shape index (κ2) is 6.59. The fourth-order valence-electron chi connectivity index (χ4n) is 3.18. The molecule has 0 N–H and O–H groups in total. The van der Waals surface area contributed by atoms with E-state index in [1.54, 1.807) is 23.4 Å². The van der Waals surface area contributed by atoms with Gasteiger partial charge in [-0.3, -0.25) is 4.79 Å². The Morgan fingerprint density at radius 2 is 2.12 bits per heavy atom. The normalized spacial score (nSPS) is 15.7. The first-order valence-electron chi connectivity index (χ1n) is 8.25. The van der Waals surface area contributed by atoms with E-state index in [0.29, 0.717) is 12.4 Å². The van der Waals surface area contributed by atoms with E-state index in [9.17, 15) is 13.2 Å². The molecular weight excluding hydrogens is 340 g/mol. The second-order valence-corrected chi connectivity index (χ2v) is 8.85. The van der Waals surface area contributed by atoms with E-state index in [0.717, 1.165) is 29.7 Å². The molecule has 2 heterocycles. The van der Waals surface area contributed by atoms with Crippen LogP contribution in [0.5, 0.6) is 0 Å². The largest absolute Gasteiger partial charge is 0.320 e. The van der Waals surface area contributed by atoms with Crippen molar-refractivity contribution >= 4 is 21.4 Å². The van der Waals surface area contributed by atoms with Crippen LogP contribution in [0.2, 0.25) is 0 Å². The Bertz CT molecular complexity index is 904. The summed E-state index contributed by atoms with van der Waals surface area (Å²) in [4.78, 5) is 14.3. The highest BCUT2D eigenvalue weighted by Crippen LogP contribution is 2.29. The zero-order chi connectivity index (χ0) is 18.2. The number of carbonyl (C=O) groups excluding carboxylic acids is 1. The van der Waals surface area contributed by atoms with Crippen LogP contribution in [0, 0.1) is 6.92 Å². The summed E-state index contributed by atoms with van der Waals surface area (Å²) in [5.41, 5.74) is 3.05. The number of carbonyl (C=O) groups is 1. The van der Waals surface area contributed by atoms with Gasteiger partial charge in [-0.05, 0) is 38.3 Å². The number of nitrogens with zero attached hydrogens (tertiary/aromatic N) is 4. The van der Waals surface area contributed by atoms with Gasteiger partial charge in [0.05, 0.1) is 0 Å². The molecule has 1 aliphatic heterocycles. The van der Waals surface area contributed by atoms with Crippen LogP contribution in [0.25, 0.3) is 0 Å². The summed E-state index contributed by atoms with van der Waals surface area (Å²) in [7, 11) is -1.99. The van der Waals surface area contributed by atoms with Gasteiger partial charge in [0, 0.05) is 19.3 Å². The van der Waals surface area contributed by atoms with Crippen LogP contribution in [0.1, 0.15) is 35.5 Å². The number of rotatable bonds is 4. The minimum Gasteiger partial charge on any atom is -0.320 e. The molecule has 25 heavy (non-hydrogen) atoms. The van der Waals surface area contributed by atoms with Crippen LogP contribution < -0.4 is 4.90 Å². The standard InChI is InChI=1S/C17H22N4O3S/c1-12-6-7-15-14(9-12)5-4-8-21(15)16(22)10-25(23,24)13(2)17-19-18-11-20(17)3/h6-7,9,11,13H,4-5,8,10H2,1-3H3. The van der Waals surface area contributed by atoms with Gasteiger partial charge in [0.25, 0.3) is 0 Å². The van der Waals surface area contributed by atoms with Gasteiger partial charge in [0.1, 0.15) is 17.3 Å². The fourth-order valence-corrected chi connectivity index (χ4v) is 4.47. The van der Waals surface area contributed by atoms with E-state index in [2.05, 4.69) is 16.3 Å².